The maximum absolute atomic E-state index is 13.6. The van der Waals surface area contributed by atoms with Gasteiger partial charge in [-0.05, 0) is 73.9 Å². The van der Waals surface area contributed by atoms with Crippen LogP contribution in [-0.2, 0) is 4.79 Å². The summed E-state index contributed by atoms with van der Waals surface area (Å²) in [7, 11) is 0. The van der Waals surface area contributed by atoms with Gasteiger partial charge < -0.3 is 4.90 Å². The van der Waals surface area contributed by atoms with Gasteiger partial charge in [0.05, 0.1) is 18.2 Å². The molecule has 5 nitrogen and oxygen atoms in total. The van der Waals surface area contributed by atoms with Gasteiger partial charge in [0.25, 0.3) is 5.91 Å². The van der Waals surface area contributed by atoms with Gasteiger partial charge in [0.2, 0.25) is 0 Å². The smallest absolute Gasteiger partial charge is 0.259 e. The maximum Gasteiger partial charge on any atom is 0.259 e. The molecule has 6 heteroatoms. The van der Waals surface area contributed by atoms with Crippen molar-refractivity contribution in [2.75, 3.05) is 9.80 Å². The van der Waals surface area contributed by atoms with Crippen molar-refractivity contribution in [1.82, 2.24) is 0 Å². The zero-order valence-electron chi connectivity index (χ0n) is 15.5. The molecule has 1 saturated heterocycles. The van der Waals surface area contributed by atoms with Crippen molar-refractivity contribution >= 4 is 40.3 Å². The molecule has 0 aromatic heterocycles. The average Bonchev–Trinajstić information content (AvgIpc) is 3.26. The summed E-state index contributed by atoms with van der Waals surface area (Å²) in [6.07, 6.45) is 3.46. The summed E-state index contributed by atoms with van der Waals surface area (Å²) in [5.41, 5.74) is 2.82. The number of aryl methyl sites for hydroxylation is 1. The predicted molar refractivity (Wildman–Crippen MR) is 112 cm³/mol. The Bertz CT molecular complexity index is 1060. The van der Waals surface area contributed by atoms with Crippen LogP contribution in [0.2, 0.25) is 0 Å². The highest BCUT2D eigenvalue weighted by Gasteiger charge is 2.57. The van der Waals surface area contributed by atoms with Crippen LogP contribution in [0.25, 0.3) is 4.85 Å². The van der Waals surface area contributed by atoms with E-state index in [1.807, 2.05) is 30.0 Å². The predicted octanol–water partition coefficient (Wildman–Crippen LogP) is 4.87. The zero-order valence-corrected chi connectivity index (χ0v) is 16.3. The summed E-state index contributed by atoms with van der Waals surface area (Å²) in [5, 5.41) is 9.53. The number of rotatable bonds is 2. The van der Waals surface area contributed by atoms with E-state index in [2.05, 4.69) is 10.9 Å². The molecule has 0 unspecified atom stereocenters. The highest BCUT2D eigenvalue weighted by Crippen LogP contribution is 2.46. The van der Waals surface area contributed by atoms with Gasteiger partial charge in [0.1, 0.15) is 5.54 Å². The molecule has 2 fully saturated rings. The van der Waals surface area contributed by atoms with Crippen molar-refractivity contribution < 1.29 is 4.79 Å². The molecule has 0 radical (unpaired) electrons. The maximum atomic E-state index is 13.6. The van der Waals surface area contributed by atoms with Crippen LogP contribution in [0.4, 0.5) is 17.1 Å². The first-order chi connectivity index (χ1) is 13.5. The van der Waals surface area contributed by atoms with Gasteiger partial charge in [-0.15, -0.1) is 0 Å². The van der Waals surface area contributed by atoms with Gasteiger partial charge in [-0.25, -0.2) is 4.85 Å². The fraction of sp³-hybridized carbons (Fsp3) is 0.273. The number of hydrogen-bond donors (Lipinski definition) is 0. The number of nitriles is 1. The number of carbonyl (C=O) groups excluding carboxylic acids is 1. The largest absolute Gasteiger partial charge is 0.303 e. The summed E-state index contributed by atoms with van der Waals surface area (Å²) >= 11 is 5.78. The first-order valence-corrected chi connectivity index (χ1v) is 9.60. The second-order valence-electron chi connectivity index (χ2n) is 7.24. The van der Waals surface area contributed by atoms with E-state index in [-0.39, 0.29) is 5.91 Å². The Morgan fingerprint density at radius 2 is 1.79 bits per heavy atom. The van der Waals surface area contributed by atoms with Crippen LogP contribution in [0, 0.1) is 24.8 Å². The van der Waals surface area contributed by atoms with E-state index in [1.54, 1.807) is 29.2 Å². The van der Waals surface area contributed by atoms with Crippen molar-refractivity contribution in [3.8, 4) is 6.07 Å². The first-order valence-electron chi connectivity index (χ1n) is 9.19. The molecule has 1 heterocycles. The van der Waals surface area contributed by atoms with E-state index >= 15 is 0 Å². The fourth-order valence-electron chi connectivity index (χ4n) is 4.25. The summed E-state index contributed by atoms with van der Waals surface area (Å²) in [6.45, 7) is 9.11. The molecular formula is C22H18N4OS. The molecule has 1 spiro atoms. The quantitative estimate of drug-likeness (QED) is 0.546. The monoisotopic (exact) mass is 386 g/mol. The number of amides is 1. The second kappa shape index (κ2) is 6.74. The van der Waals surface area contributed by atoms with Crippen molar-refractivity contribution in [3.05, 3.63) is 65.0 Å². The summed E-state index contributed by atoms with van der Waals surface area (Å²) in [6, 6.07) is 14.7. The second-order valence-corrected chi connectivity index (χ2v) is 7.60. The third-order valence-corrected chi connectivity index (χ3v) is 6.02. The van der Waals surface area contributed by atoms with Crippen LogP contribution in [0.5, 0.6) is 0 Å². The van der Waals surface area contributed by atoms with Crippen molar-refractivity contribution in [3.63, 3.8) is 0 Å². The molecule has 1 amide bonds. The molecule has 2 aromatic carbocycles. The molecule has 0 atom stereocenters. The van der Waals surface area contributed by atoms with Gasteiger partial charge >= 0.3 is 0 Å². The highest BCUT2D eigenvalue weighted by molar-refractivity contribution is 7.81. The SMILES string of the molecule is [C-]#[N+]c1ccc(N2C(=O)C3(CCCC3)N(c3ccc(C#N)cc3)C2=S)cc1C. The van der Waals surface area contributed by atoms with E-state index in [0.29, 0.717) is 22.1 Å². The van der Waals surface area contributed by atoms with E-state index in [4.69, 9.17) is 24.1 Å². The lowest BCUT2D eigenvalue weighted by molar-refractivity contribution is -0.121. The minimum absolute atomic E-state index is 0.00526. The lowest BCUT2D eigenvalue weighted by atomic mass is 9.94. The van der Waals surface area contributed by atoms with Crippen LogP contribution in [0.1, 0.15) is 36.8 Å². The van der Waals surface area contributed by atoms with Gasteiger partial charge in [0.15, 0.2) is 10.8 Å². The molecular weight excluding hydrogens is 368 g/mol. The zero-order chi connectivity index (χ0) is 19.9. The Labute approximate surface area is 169 Å². The molecule has 1 aliphatic heterocycles. The fourth-order valence-corrected chi connectivity index (χ4v) is 4.71. The lowest BCUT2D eigenvalue weighted by Crippen LogP contribution is -2.47. The van der Waals surface area contributed by atoms with Crippen molar-refractivity contribution in [2.45, 2.75) is 38.1 Å². The Balaban J connectivity index is 1.81. The van der Waals surface area contributed by atoms with Crippen molar-refractivity contribution in [2.24, 2.45) is 0 Å². The number of benzene rings is 2. The molecule has 138 valence electrons. The molecule has 2 aliphatic rings. The number of thiocarbonyl (C=S) groups is 1. The van der Waals surface area contributed by atoms with Gasteiger partial charge in [-0.2, -0.15) is 5.26 Å². The Kier molecular flexibility index (Phi) is 4.37. The lowest BCUT2D eigenvalue weighted by Gasteiger charge is -2.32. The number of nitrogens with zero attached hydrogens (tertiary/aromatic N) is 4. The highest BCUT2D eigenvalue weighted by atomic mass is 32.1. The topological polar surface area (TPSA) is 51.7 Å². The molecule has 0 N–H and O–H groups in total. The molecule has 0 bridgehead atoms. The Morgan fingerprint density at radius 1 is 1.14 bits per heavy atom. The van der Waals surface area contributed by atoms with E-state index in [0.717, 1.165) is 36.9 Å². The Hall–Kier alpha value is -3.22. The third kappa shape index (κ3) is 2.58. The minimum atomic E-state index is -0.669. The molecule has 1 aliphatic carbocycles. The number of carbonyl (C=O) groups is 1. The molecule has 1 saturated carbocycles. The third-order valence-electron chi connectivity index (χ3n) is 5.66. The van der Waals surface area contributed by atoms with Gasteiger partial charge in [-0.1, -0.05) is 18.9 Å². The van der Waals surface area contributed by atoms with E-state index < -0.39 is 5.54 Å². The first kappa shape index (κ1) is 18.2. The van der Waals surface area contributed by atoms with Crippen LogP contribution < -0.4 is 9.80 Å². The summed E-state index contributed by atoms with van der Waals surface area (Å²) in [5.74, 6) is -0.00526. The molecule has 2 aromatic rings. The van der Waals surface area contributed by atoms with E-state index in [1.165, 1.54) is 0 Å². The summed E-state index contributed by atoms with van der Waals surface area (Å²) < 4.78 is 0. The van der Waals surface area contributed by atoms with Crippen LogP contribution >= 0.6 is 12.2 Å². The van der Waals surface area contributed by atoms with Crippen LogP contribution in [0.15, 0.2) is 42.5 Å². The van der Waals surface area contributed by atoms with Crippen LogP contribution in [-0.4, -0.2) is 16.6 Å². The van der Waals surface area contributed by atoms with Crippen molar-refractivity contribution in [1.29, 1.82) is 5.26 Å². The van der Waals surface area contributed by atoms with Gasteiger partial charge in [0, 0.05) is 11.4 Å². The van der Waals surface area contributed by atoms with E-state index in [9.17, 15) is 4.79 Å². The number of anilines is 2. The standard InChI is InChI=1S/C22H18N4OS/c1-15-13-18(9-10-19(15)24-2)25-20(27)22(11-3-4-12-22)26(21(25)28)17-7-5-16(14-23)6-8-17/h5-10,13H,3-4,11-12H2,1H3. The number of hydrogen-bond acceptors (Lipinski definition) is 3. The Morgan fingerprint density at radius 3 is 2.36 bits per heavy atom. The summed E-state index contributed by atoms with van der Waals surface area (Å²) in [4.78, 5) is 20.7. The average molecular weight is 386 g/mol. The normalized spacial score (nSPS) is 17.8. The molecule has 28 heavy (non-hydrogen) atoms. The van der Waals surface area contributed by atoms with Gasteiger partial charge in [-0.3, -0.25) is 9.69 Å². The molecule has 4 rings (SSSR count). The van der Waals surface area contributed by atoms with Crippen LogP contribution in [0.3, 0.4) is 0 Å². The minimum Gasteiger partial charge on any atom is -0.303 e.